The normalized spacial score (nSPS) is 16.4. The highest BCUT2D eigenvalue weighted by atomic mass is 16.5. The molecule has 2 heterocycles. The van der Waals surface area contributed by atoms with Crippen molar-refractivity contribution in [2.75, 3.05) is 20.8 Å². The number of hydrogen-bond acceptors (Lipinski definition) is 4. The molecule has 3 aromatic rings. The molecule has 0 spiro atoms. The molecule has 1 atom stereocenters. The molecule has 0 saturated carbocycles. The Labute approximate surface area is 162 Å². The number of methoxy groups -OCH3 is 2. The Hall–Kier alpha value is -3.28. The molecule has 2 aromatic carbocycles. The lowest BCUT2D eigenvalue weighted by Gasteiger charge is -2.26. The van der Waals surface area contributed by atoms with E-state index in [4.69, 9.17) is 9.47 Å². The Bertz CT molecular complexity index is 1090. The van der Waals surface area contributed by atoms with Gasteiger partial charge in [-0.25, -0.2) is 0 Å². The third-order valence-electron chi connectivity index (χ3n) is 5.29. The van der Waals surface area contributed by atoms with Crippen molar-refractivity contribution >= 4 is 16.8 Å². The van der Waals surface area contributed by atoms with Gasteiger partial charge < -0.3 is 19.4 Å². The minimum Gasteiger partial charge on any atom is -0.493 e. The first-order valence-electron chi connectivity index (χ1n) is 9.27. The quantitative estimate of drug-likeness (QED) is 0.754. The van der Waals surface area contributed by atoms with Gasteiger partial charge in [0, 0.05) is 23.5 Å². The van der Waals surface area contributed by atoms with Crippen LogP contribution in [0.1, 0.15) is 34.8 Å². The van der Waals surface area contributed by atoms with E-state index in [0.29, 0.717) is 29.1 Å². The van der Waals surface area contributed by atoms with Gasteiger partial charge in [-0.05, 0) is 36.6 Å². The molecule has 28 heavy (non-hydrogen) atoms. The van der Waals surface area contributed by atoms with Crippen molar-refractivity contribution < 1.29 is 14.3 Å². The van der Waals surface area contributed by atoms with Crippen molar-refractivity contribution in [1.29, 1.82) is 0 Å². The smallest absolute Gasteiger partial charge is 0.255 e. The molecule has 1 aliphatic heterocycles. The maximum atomic E-state index is 13.4. The first-order chi connectivity index (χ1) is 13.6. The fraction of sp³-hybridized carbons (Fsp3) is 0.273. The van der Waals surface area contributed by atoms with E-state index in [1.54, 1.807) is 14.2 Å². The van der Waals surface area contributed by atoms with Gasteiger partial charge >= 0.3 is 0 Å². The molecule has 1 N–H and O–H groups in total. The number of likely N-dealkylation sites (tertiary alicyclic amines) is 1. The molecule has 1 amide bonds. The number of amides is 1. The molecule has 1 aromatic heterocycles. The standard InChI is InChI=1S/C22H22N2O4/c1-27-19-10-9-14(12-20(19)28-2)18-8-5-11-24(18)22(26)16-13-21(25)23-17-7-4-3-6-15(16)17/h3-4,6-7,9-10,12-13,18H,5,8,11H2,1-2H3,(H,23,25). The van der Waals surface area contributed by atoms with Crippen molar-refractivity contribution in [3.05, 3.63) is 70.0 Å². The van der Waals surface area contributed by atoms with Gasteiger partial charge in [0.2, 0.25) is 5.56 Å². The molecule has 144 valence electrons. The molecule has 6 heteroatoms. The number of aromatic nitrogens is 1. The monoisotopic (exact) mass is 378 g/mol. The van der Waals surface area contributed by atoms with Crippen molar-refractivity contribution in [2.24, 2.45) is 0 Å². The third kappa shape index (κ3) is 3.11. The Morgan fingerprint density at radius 1 is 1.07 bits per heavy atom. The number of pyridine rings is 1. The van der Waals surface area contributed by atoms with Crippen LogP contribution in [0.25, 0.3) is 10.9 Å². The lowest BCUT2D eigenvalue weighted by molar-refractivity contribution is 0.0737. The number of hydrogen-bond donors (Lipinski definition) is 1. The Kier molecular flexibility index (Phi) is 4.77. The average Bonchev–Trinajstić information content (AvgIpc) is 3.21. The zero-order chi connectivity index (χ0) is 19.7. The minimum absolute atomic E-state index is 0.0645. The van der Waals surface area contributed by atoms with E-state index in [2.05, 4.69) is 4.98 Å². The van der Waals surface area contributed by atoms with Crippen LogP contribution in [0, 0.1) is 0 Å². The number of fused-ring (bicyclic) bond motifs is 1. The zero-order valence-electron chi connectivity index (χ0n) is 15.9. The van der Waals surface area contributed by atoms with Crippen LogP contribution in [0.3, 0.4) is 0 Å². The third-order valence-corrected chi connectivity index (χ3v) is 5.29. The molecule has 4 rings (SSSR count). The van der Waals surface area contributed by atoms with Gasteiger partial charge in [0.1, 0.15) is 0 Å². The first-order valence-corrected chi connectivity index (χ1v) is 9.27. The number of nitrogens with zero attached hydrogens (tertiary/aromatic N) is 1. The molecular weight excluding hydrogens is 356 g/mol. The van der Waals surface area contributed by atoms with Gasteiger partial charge in [0.05, 0.1) is 25.8 Å². The lowest BCUT2D eigenvalue weighted by atomic mass is 10.0. The van der Waals surface area contributed by atoms with Crippen molar-refractivity contribution in [2.45, 2.75) is 18.9 Å². The number of carbonyl (C=O) groups excluding carboxylic acids is 1. The van der Waals surface area contributed by atoms with E-state index >= 15 is 0 Å². The van der Waals surface area contributed by atoms with Crippen LogP contribution < -0.4 is 15.0 Å². The number of nitrogens with one attached hydrogen (secondary N) is 1. The van der Waals surface area contributed by atoms with E-state index < -0.39 is 0 Å². The van der Waals surface area contributed by atoms with E-state index in [1.807, 2.05) is 47.4 Å². The molecule has 1 saturated heterocycles. The summed E-state index contributed by atoms with van der Waals surface area (Å²) in [5.74, 6) is 1.17. The van der Waals surface area contributed by atoms with Gasteiger partial charge in [0.15, 0.2) is 11.5 Å². The van der Waals surface area contributed by atoms with Crippen LogP contribution in [-0.2, 0) is 0 Å². The number of benzene rings is 2. The van der Waals surface area contributed by atoms with Crippen LogP contribution in [-0.4, -0.2) is 36.6 Å². The number of H-pyrrole nitrogens is 1. The van der Waals surface area contributed by atoms with Crippen molar-refractivity contribution in [3.63, 3.8) is 0 Å². The number of rotatable bonds is 4. The van der Waals surface area contributed by atoms with Gasteiger partial charge in [-0.3, -0.25) is 9.59 Å². The van der Waals surface area contributed by atoms with Crippen LogP contribution in [0.5, 0.6) is 11.5 Å². The van der Waals surface area contributed by atoms with E-state index in [-0.39, 0.29) is 17.5 Å². The summed E-state index contributed by atoms with van der Waals surface area (Å²) in [6, 6.07) is 14.5. The second kappa shape index (κ2) is 7.38. The average molecular weight is 378 g/mol. The summed E-state index contributed by atoms with van der Waals surface area (Å²) in [4.78, 5) is 30.1. The number of para-hydroxylation sites is 1. The summed E-state index contributed by atoms with van der Waals surface area (Å²) in [5, 5.41) is 0.755. The summed E-state index contributed by atoms with van der Waals surface area (Å²) in [6.07, 6.45) is 1.77. The molecule has 1 fully saturated rings. The van der Waals surface area contributed by atoms with Crippen molar-refractivity contribution in [1.82, 2.24) is 9.88 Å². The van der Waals surface area contributed by atoms with Crippen LogP contribution >= 0.6 is 0 Å². The number of ether oxygens (including phenoxy) is 2. The summed E-state index contributed by atoms with van der Waals surface area (Å²) in [7, 11) is 3.20. The van der Waals surface area contributed by atoms with Crippen LogP contribution in [0.2, 0.25) is 0 Å². The molecule has 0 bridgehead atoms. The largest absolute Gasteiger partial charge is 0.493 e. The highest BCUT2D eigenvalue weighted by Crippen LogP contribution is 2.37. The van der Waals surface area contributed by atoms with E-state index in [0.717, 1.165) is 23.8 Å². The maximum absolute atomic E-state index is 13.4. The van der Waals surface area contributed by atoms with Crippen molar-refractivity contribution in [3.8, 4) is 11.5 Å². The zero-order valence-corrected chi connectivity index (χ0v) is 15.9. The first kappa shape index (κ1) is 18.1. The predicted molar refractivity (Wildman–Crippen MR) is 107 cm³/mol. The van der Waals surface area contributed by atoms with Gasteiger partial charge in [0.25, 0.3) is 5.91 Å². The van der Waals surface area contributed by atoms with E-state index in [1.165, 1.54) is 6.07 Å². The fourth-order valence-corrected chi connectivity index (χ4v) is 3.95. The van der Waals surface area contributed by atoms with Gasteiger partial charge in [-0.2, -0.15) is 0 Å². The molecular formula is C22H22N2O4. The summed E-state index contributed by atoms with van der Waals surface area (Å²) < 4.78 is 10.7. The number of carbonyl (C=O) groups is 1. The van der Waals surface area contributed by atoms with Gasteiger partial charge in [-0.15, -0.1) is 0 Å². The highest BCUT2D eigenvalue weighted by Gasteiger charge is 2.32. The second-order valence-corrected chi connectivity index (χ2v) is 6.86. The Morgan fingerprint density at radius 2 is 1.86 bits per heavy atom. The Morgan fingerprint density at radius 3 is 2.64 bits per heavy atom. The summed E-state index contributed by atoms with van der Waals surface area (Å²) in [6.45, 7) is 0.652. The Balaban J connectivity index is 1.73. The molecule has 0 aliphatic carbocycles. The second-order valence-electron chi connectivity index (χ2n) is 6.86. The lowest BCUT2D eigenvalue weighted by Crippen LogP contribution is -2.31. The summed E-state index contributed by atoms with van der Waals surface area (Å²) >= 11 is 0. The van der Waals surface area contributed by atoms with Crippen LogP contribution in [0.4, 0.5) is 0 Å². The molecule has 1 aliphatic rings. The van der Waals surface area contributed by atoms with Gasteiger partial charge in [-0.1, -0.05) is 24.3 Å². The van der Waals surface area contributed by atoms with E-state index in [9.17, 15) is 9.59 Å². The topological polar surface area (TPSA) is 71.6 Å². The number of aromatic amines is 1. The predicted octanol–water partition coefficient (Wildman–Crippen LogP) is 3.52. The summed E-state index contributed by atoms with van der Waals surface area (Å²) in [5.41, 5.74) is 1.83. The fourth-order valence-electron chi connectivity index (χ4n) is 3.95. The molecule has 1 unspecified atom stereocenters. The SMILES string of the molecule is COc1ccc(C2CCCN2C(=O)c2cc(=O)[nH]c3ccccc23)cc1OC. The maximum Gasteiger partial charge on any atom is 0.255 e. The van der Waals surface area contributed by atoms with Crippen LogP contribution in [0.15, 0.2) is 53.3 Å². The highest BCUT2D eigenvalue weighted by molar-refractivity contribution is 6.06. The molecule has 6 nitrogen and oxygen atoms in total. The minimum atomic E-state index is -0.274. The molecule has 0 radical (unpaired) electrons.